The van der Waals surface area contributed by atoms with Gasteiger partial charge < -0.3 is 10.6 Å². The maximum atomic E-state index is 12.1. The van der Waals surface area contributed by atoms with Crippen molar-refractivity contribution in [2.75, 3.05) is 13.7 Å². The minimum atomic E-state index is -0.144. The molecule has 1 amide bonds. The second-order valence-corrected chi connectivity index (χ2v) is 5.61. The predicted molar refractivity (Wildman–Crippen MR) is 85.8 cm³/mol. The molecule has 21 heavy (non-hydrogen) atoms. The highest BCUT2D eigenvalue weighted by molar-refractivity contribution is 6.05. The lowest BCUT2D eigenvalue weighted by Gasteiger charge is -2.19. The second kappa shape index (κ2) is 8.57. The van der Waals surface area contributed by atoms with E-state index in [1.54, 1.807) is 14.0 Å². The Morgan fingerprint density at radius 2 is 1.95 bits per heavy atom. The first kappa shape index (κ1) is 17.4. The first-order valence-corrected chi connectivity index (χ1v) is 7.42. The Labute approximate surface area is 127 Å². The molecule has 0 bridgehead atoms. The zero-order chi connectivity index (χ0) is 15.8. The summed E-state index contributed by atoms with van der Waals surface area (Å²) in [6.45, 7) is 6.12. The van der Waals surface area contributed by atoms with E-state index in [1.807, 2.05) is 0 Å². The van der Waals surface area contributed by atoms with Crippen molar-refractivity contribution in [3.8, 4) is 0 Å². The summed E-state index contributed by atoms with van der Waals surface area (Å²) in [5.74, 6) is -0.147. The van der Waals surface area contributed by atoms with Crippen molar-refractivity contribution in [3.05, 3.63) is 34.4 Å². The van der Waals surface area contributed by atoms with Crippen molar-refractivity contribution in [2.24, 2.45) is 0 Å². The summed E-state index contributed by atoms with van der Waals surface area (Å²) in [7, 11) is 1.77. The van der Waals surface area contributed by atoms with E-state index < -0.39 is 0 Å². The van der Waals surface area contributed by atoms with Gasteiger partial charge in [0, 0.05) is 11.1 Å². The number of amides is 1. The van der Waals surface area contributed by atoms with E-state index in [-0.39, 0.29) is 11.7 Å². The number of Topliss-reactive ketones (excluding diaryl/α,β-unsaturated/α-hetero) is 1. The minimum Gasteiger partial charge on any atom is -0.340 e. The molecule has 0 saturated heterocycles. The molecule has 0 unspecified atom stereocenters. The number of hydrogen-bond acceptors (Lipinski definition) is 3. The molecule has 4 nitrogen and oxygen atoms in total. The molecule has 0 saturated carbocycles. The van der Waals surface area contributed by atoms with Gasteiger partial charge in [-0.3, -0.25) is 9.59 Å². The van der Waals surface area contributed by atoms with Gasteiger partial charge in [-0.15, -0.1) is 0 Å². The quantitative estimate of drug-likeness (QED) is 0.560. The van der Waals surface area contributed by atoms with Crippen molar-refractivity contribution >= 4 is 11.7 Å². The number of allylic oxidation sites excluding steroid dienone is 5. The van der Waals surface area contributed by atoms with Crippen LogP contribution in [-0.2, 0) is 9.59 Å². The summed E-state index contributed by atoms with van der Waals surface area (Å²) >= 11 is 0. The molecule has 2 N–H and O–H groups in total. The summed E-state index contributed by atoms with van der Waals surface area (Å²) in [4.78, 5) is 23.9. The van der Waals surface area contributed by atoms with Crippen LogP contribution >= 0.6 is 0 Å². The highest BCUT2D eigenvalue weighted by atomic mass is 16.2. The number of hydrogen-bond donors (Lipinski definition) is 2. The number of rotatable bonds is 7. The number of carbonyl (C=O) groups excluding carboxylic acids is 2. The number of carbonyl (C=O) groups is 2. The van der Waals surface area contributed by atoms with Gasteiger partial charge in [0.15, 0.2) is 5.78 Å². The van der Waals surface area contributed by atoms with Gasteiger partial charge in [0.25, 0.3) is 0 Å². The zero-order valence-electron chi connectivity index (χ0n) is 13.5. The van der Waals surface area contributed by atoms with Crippen molar-refractivity contribution in [3.63, 3.8) is 0 Å². The Morgan fingerprint density at radius 3 is 2.52 bits per heavy atom. The van der Waals surface area contributed by atoms with E-state index in [1.165, 1.54) is 11.1 Å². The van der Waals surface area contributed by atoms with E-state index in [4.69, 9.17) is 0 Å². The fourth-order valence-corrected chi connectivity index (χ4v) is 2.35. The van der Waals surface area contributed by atoms with Crippen LogP contribution < -0.4 is 10.6 Å². The van der Waals surface area contributed by atoms with Crippen LogP contribution in [-0.4, -0.2) is 25.4 Å². The molecule has 4 heteroatoms. The number of ketones is 1. The molecule has 0 fully saturated rings. The summed E-state index contributed by atoms with van der Waals surface area (Å²) in [6.07, 6.45) is 7.39. The van der Waals surface area contributed by atoms with E-state index in [0.29, 0.717) is 30.7 Å². The smallest absolute Gasteiger partial charge is 0.248 e. The first-order chi connectivity index (χ1) is 9.95. The summed E-state index contributed by atoms with van der Waals surface area (Å²) < 4.78 is 0. The molecule has 1 aliphatic carbocycles. The molecule has 0 aromatic heterocycles. The second-order valence-electron chi connectivity index (χ2n) is 5.61. The molecular formula is C17H26N2O2. The van der Waals surface area contributed by atoms with E-state index in [2.05, 4.69) is 36.6 Å². The molecule has 0 aromatic rings. The van der Waals surface area contributed by atoms with E-state index in [9.17, 15) is 9.59 Å². The Morgan fingerprint density at radius 1 is 1.24 bits per heavy atom. The van der Waals surface area contributed by atoms with E-state index >= 15 is 0 Å². The van der Waals surface area contributed by atoms with Gasteiger partial charge in [-0.1, -0.05) is 23.3 Å². The lowest BCUT2D eigenvalue weighted by atomic mass is 9.87. The van der Waals surface area contributed by atoms with Crippen molar-refractivity contribution in [1.82, 2.24) is 10.6 Å². The largest absolute Gasteiger partial charge is 0.340 e. The highest BCUT2D eigenvalue weighted by Crippen LogP contribution is 2.28. The summed E-state index contributed by atoms with van der Waals surface area (Å²) in [6, 6.07) is 0. The first-order valence-electron chi connectivity index (χ1n) is 7.42. The third kappa shape index (κ3) is 5.68. The number of nitrogens with one attached hydrogen (secondary N) is 2. The summed E-state index contributed by atoms with van der Waals surface area (Å²) in [5.41, 5.74) is 3.84. The molecule has 0 atom stereocenters. The van der Waals surface area contributed by atoms with Crippen LogP contribution in [0.4, 0.5) is 0 Å². The van der Waals surface area contributed by atoms with Crippen LogP contribution in [0.5, 0.6) is 0 Å². The Balaban J connectivity index is 2.74. The molecule has 0 heterocycles. The molecule has 1 aliphatic rings. The summed E-state index contributed by atoms with van der Waals surface area (Å²) in [5, 5.41) is 5.63. The van der Waals surface area contributed by atoms with Crippen LogP contribution in [0.15, 0.2) is 34.4 Å². The molecule has 0 radical (unpaired) electrons. The van der Waals surface area contributed by atoms with Crippen LogP contribution in [0.2, 0.25) is 0 Å². The Bertz CT molecular complexity index is 495. The molecule has 0 spiro atoms. The van der Waals surface area contributed by atoms with Gasteiger partial charge in [-0.2, -0.15) is 0 Å². The van der Waals surface area contributed by atoms with Crippen LogP contribution in [0.1, 0.15) is 46.5 Å². The molecule has 1 rings (SSSR count). The van der Waals surface area contributed by atoms with Gasteiger partial charge in [0.05, 0.1) is 6.67 Å². The predicted octanol–water partition coefficient (Wildman–Crippen LogP) is 2.63. The molecule has 0 aromatic carbocycles. The van der Waals surface area contributed by atoms with Crippen molar-refractivity contribution < 1.29 is 9.59 Å². The molecule has 116 valence electrons. The van der Waals surface area contributed by atoms with Crippen LogP contribution in [0.25, 0.3) is 0 Å². The molecule has 0 aliphatic heterocycles. The van der Waals surface area contributed by atoms with E-state index in [0.717, 1.165) is 12.8 Å². The third-order valence-corrected chi connectivity index (χ3v) is 3.51. The van der Waals surface area contributed by atoms with Crippen LogP contribution in [0, 0.1) is 0 Å². The van der Waals surface area contributed by atoms with Crippen LogP contribution in [0.3, 0.4) is 0 Å². The van der Waals surface area contributed by atoms with Gasteiger partial charge in [0.2, 0.25) is 5.91 Å². The van der Waals surface area contributed by atoms with Gasteiger partial charge >= 0.3 is 0 Å². The average molecular weight is 290 g/mol. The lowest BCUT2D eigenvalue weighted by Crippen LogP contribution is -2.34. The SMILES string of the molecule is CNCNC(=O)C1=C(C(C)=O)CC(CCC=C(C)C)=CC1. The van der Waals surface area contributed by atoms with Gasteiger partial charge in [-0.05, 0) is 53.5 Å². The minimum absolute atomic E-state index is 0.00239. The highest BCUT2D eigenvalue weighted by Gasteiger charge is 2.21. The molecular weight excluding hydrogens is 264 g/mol. The lowest BCUT2D eigenvalue weighted by molar-refractivity contribution is -0.119. The monoisotopic (exact) mass is 290 g/mol. The third-order valence-electron chi connectivity index (χ3n) is 3.51. The van der Waals surface area contributed by atoms with Crippen molar-refractivity contribution in [1.29, 1.82) is 0 Å². The fraction of sp³-hybridized carbons (Fsp3) is 0.529. The van der Waals surface area contributed by atoms with Gasteiger partial charge in [-0.25, -0.2) is 0 Å². The van der Waals surface area contributed by atoms with Crippen molar-refractivity contribution in [2.45, 2.75) is 46.5 Å². The normalized spacial score (nSPS) is 14.6. The van der Waals surface area contributed by atoms with Gasteiger partial charge in [0.1, 0.15) is 0 Å². The standard InChI is InChI=1S/C17H26N2O2/c1-12(2)6-5-7-14-8-9-15(16(10-14)13(3)20)17(21)19-11-18-4/h6,8,18H,5,7,9-11H2,1-4H3,(H,19,21). The fourth-order valence-electron chi connectivity index (χ4n) is 2.35. The Hall–Kier alpha value is -1.68. The average Bonchev–Trinajstić information content (AvgIpc) is 2.44. The zero-order valence-corrected chi connectivity index (χ0v) is 13.5. The Kier molecular flexibility index (Phi) is 7.09. The maximum Gasteiger partial charge on any atom is 0.248 e. The topological polar surface area (TPSA) is 58.2 Å². The maximum absolute atomic E-state index is 12.1.